The van der Waals surface area contributed by atoms with Crippen LogP contribution in [0.15, 0.2) is 17.0 Å². The summed E-state index contributed by atoms with van der Waals surface area (Å²) in [5.41, 5.74) is 1.27. The van der Waals surface area contributed by atoms with Gasteiger partial charge in [0.15, 0.2) is 6.29 Å². The molecule has 1 amide bonds. The fraction of sp³-hybridized carbons (Fsp3) is 0.385. The van der Waals surface area contributed by atoms with Crippen molar-refractivity contribution in [2.75, 3.05) is 18.3 Å². The van der Waals surface area contributed by atoms with Crippen LogP contribution in [-0.2, 0) is 11.2 Å². The number of rotatable bonds is 5. The van der Waals surface area contributed by atoms with E-state index >= 15 is 0 Å². The van der Waals surface area contributed by atoms with E-state index in [4.69, 9.17) is 4.65 Å². The molecule has 1 aliphatic rings. The van der Waals surface area contributed by atoms with Gasteiger partial charge in [-0.1, -0.05) is 6.07 Å². The largest absolute Gasteiger partial charge is 0.547 e. The van der Waals surface area contributed by atoms with E-state index in [1.54, 1.807) is 0 Å². The van der Waals surface area contributed by atoms with Crippen molar-refractivity contribution in [3.63, 3.8) is 0 Å². The van der Waals surface area contributed by atoms with Crippen molar-refractivity contribution in [1.29, 1.82) is 0 Å². The summed E-state index contributed by atoms with van der Waals surface area (Å²) < 4.78 is 5.48. The van der Waals surface area contributed by atoms with Gasteiger partial charge in [0.25, 0.3) is 0 Å². The Bertz CT molecular complexity index is 555. The van der Waals surface area contributed by atoms with Gasteiger partial charge in [0.05, 0.1) is 17.3 Å². The quantitative estimate of drug-likeness (QED) is 0.478. The minimum Gasteiger partial charge on any atom is -0.534 e. The maximum absolute atomic E-state index is 11.6. The molecule has 8 heteroatoms. The van der Waals surface area contributed by atoms with Crippen LogP contribution in [0.4, 0.5) is 0 Å². The van der Waals surface area contributed by atoms with Crippen molar-refractivity contribution in [2.24, 2.45) is 0 Å². The van der Waals surface area contributed by atoms with E-state index in [9.17, 15) is 14.6 Å². The molecule has 2 rings (SSSR count). The second kappa shape index (κ2) is 7.24. The maximum Gasteiger partial charge on any atom is 0.547 e. The van der Waals surface area contributed by atoms with E-state index in [2.05, 4.69) is 5.32 Å². The van der Waals surface area contributed by atoms with Crippen molar-refractivity contribution >= 4 is 42.8 Å². The number of nitrogens with one attached hydrogen (secondary N) is 1. The summed E-state index contributed by atoms with van der Waals surface area (Å²) in [5.74, 6) is 0.104. The predicted molar refractivity (Wildman–Crippen MR) is 86.2 cm³/mol. The summed E-state index contributed by atoms with van der Waals surface area (Å²) in [6, 6.07) is 3.73. The monoisotopic (exact) mass is 325 g/mol. The summed E-state index contributed by atoms with van der Waals surface area (Å²) in [6.07, 6.45) is 4.89. The highest BCUT2D eigenvalue weighted by atomic mass is 32.2. The molecule has 0 aromatic heterocycles. The number of thioether (sulfide) groups is 2. The first-order valence-corrected chi connectivity index (χ1v) is 9.00. The van der Waals surface area contributed by atoms with Crippen LogP contribution in [0.3, 0.4) is 0 Å². The van der Waals surface area contributed by atoms with Gasteiger partial charge in [-0.2, -0.15) is 11.8 Å². The van der Waals surface area contributed by atoms with Gasteiger partial charge in [-0.05, 0) is 30.6 Å². The van der Waals surface area contributed by atoms with Gasteiger partial charge in [-0.3, -0.25) is 9.59 Å². The second-order valence-corrected chi connectivity index (χ2v) is 6.32. The molecule has 2 N–H and O–H groups in total. The van der Waals surface area contributed by atoms with Crippen LogP contribution in [0.2, 0.25) is 0 Å². The number of carbonyl (C=O) groups excluding carboxylic acids is 2. The van der Waals surface area contributed by atoms with Gasteiger partial charge < -0.3 is 15.0 Å². The second-order valence-electron chi connectivity index (χ2n) is 4.61. The van der Waals surface area contributed by atoms with Crippen molar-refractivity contribution in [3.05, 3.63) is 23.3 Å². The highest BCUT2D eigenvalue weighted by Crippen LogP contribution is 2.34. The Kier molecular flexibility index (Phi) is 5.61. The zero-order valence-corrected chi connectivity index (χ0v) is 13.4. The Balaban J connectivity index is 2.24. The minimum atomic E-state index is -1.15. The van der Waals surface area contributed by atoms with Crippen LogP contribution in [0, 0.1) is 0 Å². The molecule has 0 saturated carbocycles. The molecule has 1 aliphatic heterocycles. The third-order valence-electron chi connectivity index (χ3n) is 3.22. The minimum absolute atomic E-state index is 0.144. The highest BCUT2D eigenvalue weighted by molar-refractivity contribution is 7.99. The van der Waals surface area contributed by atoms with Crippen molar-refractivity contribution < 1.29 is 19.3 Å². The van der Waals surface area contributed by atoms with Crippen LogP contribution in [0.5, 0.6) is 5.75 Å². The normalized spacial score (nSPS) is 16.9. The summed E-state index contributed by atoms with van der Waals surface area (Å²) in [7, 11) is -1.15. The lowest BCUT2D eigenvalue weighted by Gasteiger charge is -2.29. The molecule has 5 nitrogen and oxygen atoms in total. The molecule has 1 unspecified atom stereocenters. The molecule has 0 fully saturated rings. The summed E-state index contributed by atoms with van der Waals surface area (Å²) in [5, 5.41) is 12.8. The van der Waals surface area contributed by atoms with Gasteiger partial charge >= 0.3 is 7.12 Å². The van der Waals surface area contributed by atoms with Gasteiger partial charge in [-0.25, -0.2) is 0 Å². The van der Waals surface area contributed by atoms with Crippen LogP contribution in [0.1, 0.15) is 15.9 Å². The lowest BCUT2D eigenvalue weighted by Crippen LogP contribution is -2.53. The van der Waals surface area contributed by atoms with E-state index in [0.29, 0.717) is 23.5 Å². The van der Waals surface area contributed by atoms with Gasteiger partial charge in [-0.15, -0.1) is 11.8 Å². The fourth-order valence-corrected chi connectivity index (χ4v) is 3.17. The number of hydrogen-bond acceptors (Lipinski definition) is 6. The molecule has 0 radical (unpaired) electrons. The molecule has 1 aromatic carbocycles. The Morgan fingerprint density at radius 2 is 2.33 bits per heavy atom. The lowest BCUT2D eigenvalue weighted by molar-refractivity contribution is -0.118. The first-order chi connectivity index (χ1) is 10.1. The molecule has 0 bridgehead atoms. The molecule has 1 atom stereocenters. The van der Waals surface area contributed by atoms with Crippen molar-refractivity contribution in [1.82, 2.24) is 5.32 Å². The van der Waals surface area contributed by atoms with E-state index in [1.807, 2.05) is 24.6 Å². The molecular formula is C13H16BNO4S2. The molecule has 0 saturated heterocycles. The van der Waals surface area contributed by atoms with Crippen LogP contribution >= 0.6 is 23.5 Å². The van der Waals surface area contributed by atoms with E-state index in [-0.39, 0.29) is 5.91 Å². The van der Waals surface area contributed by atoms with Crippen LogP contribution in [0.25, 0.3) is 0 Å². The topological polar surface area (TPSA) is 75.6 Å². The molecule has 112 valence electrons. The van der Waals surface area contributed by atoms with Gasteiger partial charge in [0.2, 0.25) is 5.91 Å². The molecule has 21 heavy (non-hydrogen) atoms. The maximum atomic E-state index is 11.6. The van der Waals surface area contributed by atoms with Crippen molar-refractivity contribution in [3.8, 4) is 5.75 Å². The van der Waals surface area contributed by atoms with E-state index < -0.39 is 13.1 Å². The average Bonchev–Trinajstić information content (AvgIpc) is 2.47. The number of benzene rings is 1. The molecule has 1 aromatic rings. The average molecular weight is 325 g/mol. The zero-order chi connectivity index (χ0) is 15.4. The predicted octanol–water partition coefficient (Wildman–Crippen LogP) is 1.02. The molecule has 0 aliphatic carbocycles. The fourth-order valence-electron chi connectivity index (χ4n) is 2.26. The first kappa shape index (κ1) is 16.3. The van der Waals surface area contributed by atoms with Crippen LogP contribution < -0.4 is 9.97 Å². The van der Waals surface area contributed by atoms with Crippen molar-refractivity contribution in [2.45, 2.75) is 17.3 Å². The number of hydrogen-bond donors (Lipinski definition) is 2. The first-order valence-electron chi connectivity index (χ1n) is 6.38. The lowest BCUT2D eigenvalue weighted by atomic mass is 9.72. The molecule has 1 heterocycles. The van der Waals surface area contributed by atoms with Gasteiger partial charge in [0, 0.05) is 4.90 Å². The Morgan fingerprint density at radius 1 is 1.57 bits per heavy atom. The number of amides is 1. The Hall–Kier alpha value is -1.12. The standard InChI is InChI=1S/C13H16BNO4S2/c1-20-7-12(17)15-11-5-8-3-4-10(21-2)9(6-16)13(8)19-14(11)18/h3-4,6,11,18H,5,7H2,1-2H3,(H,15,17). The third kappa shape index (κ3) is 3.56. The Morgan fingerprint density at radius 3 is 2.95 bits per heavy atom. The molecule has 0 spiro atoms. The smallest absolute Gasteiger partial charge is 0.534 e. The van der Waals surface area contributed by atoms with E-state index in [1.165, 1.54) is 23.5 Å². The zero-order valence-electron chi connectivity index (χ0n) is 11.8. The molecular weight excluding hydrogens is 309 g/mol. The van der Waals surface area contributed by atoms with Gasteiger partial charge in [0.1, 0.15) is 5.75 Å². The summed E-state index contributed by atoms with van der Waals surface area (Å²) in [4.78, 5) is 23.7. The third-order valence-corrected chi connectivity index (χ3v) is 4.57. The van der Waals surface area contributed by atoms with E-state index in [0.717, 1.165) is 16.7 Å². The summed E-state index contributed by atoms with van der Waals surface area (Å²) >= 11 is 2.86. The number of fused-ring (bicyclic) bond motifs is 1. The summed E-state index contributed by atoms with van der Waals surface area (Å²) in [6.45, 7) is 0. The number of aldehydes is 1. The number of carbonyl (C=O) groups is 2. The SMILES string of the molecule is CSCC(=O)NC1Cc2ccc(SC)c(C=O)c2OB1O. The van der Waals surface area contributed by atoms with Crippen LogP contribution in [-0.4, -0.2) is 48.5 Å². The Labute approximate surface area is 132 Å². The highest BCUT2D eigenvalue weighted by Gasteiger charge is 2.37.